The van der Waals surface area contributed by atoms with E-state index < -0.39 is 22.9 Å². The van der Waals surface area contributed by atoms with Gasteiger partial charge in [0.15, 0.2) is 5.69 Å². The first-order valence-corrected chi connectivity index (χ1v) is 8.44. The van der Waals surface area contributed by atoms with Crippen LogP contribution in [0.5, 0.6) is 0 Å². The molecule has 1 unspecified atom stereocenters. The van der Waals surface area contributed by atoms with Crippen LogP contribution in [0, 0.1) is 13.8 Å². The molecule has 0 radical (unpaired) electrons. The zero-order valence-electron chi connectivity index (χ0n) is 15.2. The van der Waals surface area contributed by atoms with Crippen molar-refractivity contribution in [3.05, 3.63) is 33.9 Å². The lowest BCUT2D eigenvalue weighted by Crippen LogP contribution is -2.33. The molecule has 6 nitrogen and oxygen atoms in total. The molecule has 10 heteroatoms. The van der Waals surface area contributed by atoms with Gasteiger partial charge in [-0.2, -0.15) is 23.4 Å². The quantitative estimate of drug-likeness (QED) is 0.782. The third-order valence-corrected chi connectivity index (χ3v) is 4.81. The van der Waals surface area contributed by atoms with E-state index in [-0.39, 0.29) is 11.6 Å². The molecule has 2 heterocycles. The molecule has 0 saturated heterocycles. The van der Waals surface area contributed by atoms with E-state index in [1.807, 2.05) is 18.5 Å². The zero-order chi connectivity index (χ0) is 19.8. The maximum Gasteiger partial charge on any atom is 0.436 e. The first-order valence-electron chi connectivity index (χ1n) is 8.07. The standard InChI is InChI=1S/C16H21ClF3N5O/c1-6-24-9(2)12(7-21-24)8-23(5)15(26)11(4)25-10(3)13(17)14(22-25)16(18,19)20/h7,11H,6,8H2,1-5H3. The van der Waals surface area contributed by atoms with Crippen molar-refractivity contribution in [3.8, 4) is 0 Å². The molecule has 0 bridgehead atoms. The van der Waals surface area contributed by atoms with Gasteiger partial charge in [0.1, 0.15) is 6.04 Å². The van der Waals surface area contributed by atoms with Crippen LogP contribution in [-0.4, -0.2) is 37.4 Å². The number of alkyl halides is 3. The minimum absolute atomic E-state index is 0.100. The van der Waals surface area contributed by atoms with E-state index in [0.717, 1.165) is 15.9 Å². The monoisotopic (exact) mass is 391 g/mol. The summed E-state index contributed by atoms with van der Waals surface area (Å²) in [5.74, 6) is -0.371. The summed E-state index contributed by atoms with van der Waals surface area (Å²) < 4.78 is 41.7. The summed E-state index contributed by atoms with van der Waals surface area (Å²) in [6, 6.07) is -0.921. The predicted octanol–water partition coefficient (Wildman–Crippen LogP) is 3.61. The Morgan fingerprint density at radius 2 is 1.96 bits per heavy atom. The highest BCUT2D eigenvalue weighted by molar-refractivity contribution is 6.32. The van der Waals surface area contributed by atoms with Crippen LogP contribution >= 0.6 is 11.6 Å². The predicted molar refractivity (Wildman–Crippen MR) is 90.8 cm³/mol. The van der Waals surface area contributed by atoms with E-state index in [9.17, 15) is 18.0 Å². The number of aromatic nitrogens is 4. The van der Waals surface area contributed by atoms with Gasteiger partial charge in [0.05, 0.1) is 16.9 Å². The molecule has 0 saturated carbocycles. The van der Waals surface area contributed by atoms with Gasteiger partial charge in [-0.1, -0.05) is 11.6 Å². The van der Waals surface area contributed by atoms with Crippen LogP contribution in [0.15, 0.2) is 6.20 Å². The Kier molecular flexibility index (Phi) is 5.70. The average Bonchev–Trinajstić information content (AvgIpc) is 3.06. The van der Waals surface area contributed by atoms with Gasteiger partial charge in [-0.05, 0) is 27.7 Å². The van der Waals surface area contributed by atoms with Crippen molar-refractivity contribution in [2.45, 2.75) is 53.0 Å². The average molecular weight is 392 g/mol. The van der Waals surface area contributed by atoms with Crippen LogP contribution in [0.25, 0.3) is 0 Å². The van der Waals surface area contributed by atoms with Gasteiger partial charge in [0.2, 0.25) is 5.91 Å². The third kappa shape index (κ3) is 3.72. The largest absolute Gasteiger partial charge is 0.436 e. The summed E-state index contributed by atoms with van der Waals surface area (Å²) in [7, 11) is 1.59. The fourth-order valence-electron chi connectivity index (χ4n) is 2.77. The highest BCUT2D eigenvalue weighted by atomic mass is 35.5. The van der Waals surface area contributed by atoms with Crippen molar-refractivity contribution >= 4 is 17.5 Å². The number of hydrogen-bond donors (Lipinski definition) is 0. The Balaban J connectivity index is 2.22. The minimum Gasteiger partial charge on any atom is -0.339 e. The van der Waals surface area contributed by atoms with Gasteiger partial charge in [-0.15, -0.1) is 0 Å². The number of hydrogen-bond acceptors (Lipinski definition) is 3. The molecule has 2 aromatic heterocycles. The normalized spacial score (nSPS) is 13.1. The lowest BCUT2D eigenvalue weighted by atomic mass is 10.2. The molecule has 1 atom stereocenters. The third-order valence-electron chi connectivity index (χ3n) is 4.36. The molecule has 0 aliphatic heterocycles. The Hall–Kier alpha value is -2.03. The molecule has 1 amide bonds. The fourth-order valence-corrected chi connectivity index (χ4v) is 3.00. The summed E-state index contributed by atoms with van der Waals surface area (Å²) in [4.78, 5) is 14.1. The van der Waals surface area contributed by atoms with Crippen molar-refractivity contribution in [1.29, 1.82) is 0 Å². The first kappa shape index (κ1) is 20.3. The number of likely N-dealkylation sites (N-methyl/N-ethyl adjacent to an activating group) is 1. The summed E-state index contributed by atoms with van der Waals surface area (Å²) in [5, 5.41) is 7.26. The van der Waals surface area contributed by atoms with Crippen molar-refractivity contribution < 1.29 is 18.0 Å². The van der Waals surface area contributed by atoms with Gasteiger partial charge in [-0.25, -0.2) is 0 Å². The molecule has 0 aliphatic carbocycles. The van der Waals surface area contributed by atoms with Crippen LogP contribution in [-0.2, 0) is 24.1 Å². The van der Waals surface area contributed by atoms with E-state index in [4.69, 9.17) is 11.6 Å². The lowest BCUT2D eigenvalue weighted by molar-refractivity contribution is -0.142. The summed E-state index contributed by atoms with van der Waals surface area (Å²) in [5.41, 5.74) is 0.737. The lowest BCUT2D eigenvalue weighted by Gasteiger charge is -2.22. The van der Waals surface area contributed by atoms with Crippen molar-refractivity contribution in [3.63, 3.8) is 0 Å². The molecule has 0 aromatic carbocycles. The van der Waals surface area contributed by atoms with Gasteiger partial charge in [0.25, 0.3) is 0 Å². The van der Waals surface area contributed by atoms with E-state index >= 15 is 0 Å². The highest BCUT2D eigenvalue weighted by Gasteiger charge is 2.39. The number of rotatable bonds is 5. The maximum atomic E-state index is 13.0. The zero-order valence-corrected chi connectivity index (χ0v) is 16.0. The number of carbonyl (C=O) groups excluding carboxylic acids is 1. The molecule has 26 heavy (non-hydrogen) atoms. The van der Waals surface area contributed by atoms with Crippen molar-refractivity contribution in [2.24, 2.45) is 0 Å². The molecule has 0 spiro atoms. The summed E-state index contributed by atoms with van der Waals surface area (Å²) in [6.07, 6.45) is -2.99. The van der Waals surface area contributed by atoms with Crippen LogP contribution in [0.2, 0.25) is 5.02 Å². The molecule has 2 rings (SSSR count). The number of amides is 1. The molecule has 0 N–H and O–H groups in total. The second-order valence-corrected chi connectivity index (χ2v) is 6.51. The van der Waals surface area contributed by atoms with Gasteiger partial charge >= 0.3 is 6.18 Å². The van der Waals surface area contributed by atoms with Crippen LogP contribution in [0.1, 0.15) is 42.5 Å². The molecule has 0 aliphatic rings. The molecule has 144 valence electrons. The number of nitrogens with zero attached hydrogens (tertiary/aromatic N) is 5. The van der Waals surface area contributed by atoms with E-state index in [1.165, 1.54) is 18.7 Å². The molecular formula is C16H21ClF3N5O. The van der Waals surface area contributed by atoms with Gasteiger partial charge in [-0.3, -0.25) is 14.2 Å². The maximum absolute atomic E-state index is 13.0. The highest BCUT2D eigenvalue weighted by Crippen LogP contribution is 2.36. The number of halogens is 4. The molecule has 2 aromatic rings. The Bertz CT molecular complexity index is 812. The second kappa shape index (κ2) is 7.30. The van der Waals surface area contributed by atoms with Crippen LogP contribution in [0.3, 0.4) is 0 Å². The number of carbonyl (C=O) groups is 1. The summed E-state index contributed by atoms with van der Waals surface area (Å²) >= 11 is 5.76. The van der Waals surface area contributed by atoms with E-state index in [1.54, 1.807) is 13.2 Å². The number of aryl methyl sites for hydroxylation is 1. The van der Waals surface area contributed by atoms with E-state index in [0.29, 0.717) is 13.1 Å². The Morgan fingerprint density at radius 1 is 1.35 bits per heavy atom. The van der Waals surface area contributed by atoms with Crippen LogP contribution < -0.4 is 0 Å². The topological polar surface area (TPSA) is 56.0 Å². The SMILES string of the molecule is CCn1ncc(CN(C)C(=O)C(C)n2nc(C(F)(F)F)c(Cl)c2C)c1C. The summed E-state index contributed by atoms with van der Waals surface area (Å²) in [6.45, 7) is 7.78. The van der Waals surface area contributed by atoms with Crippen molar-refractivity contribution in [1.82, 2.24) is 24.5 Å². The van der Waals surface area contributed by atoms with Gasteiger partial charge in [0, 0.05) is 31.4 Å². The molecular weight excluding hydrogens is 371 g/mol. The Morgan fingerprint density at radius 3 is 2.42 bits per heavy atom. The molecule has 0 fully saturated rings. The first-order chi connectivity index (χ1) is 12.0. The van der Waals surface area contributed by atoms with E-state index in [2.05, 4.69) is 10.2 Å². The van der Waals surface area contributed by atoms with Crippen molar-refractivity contribution in [2.75, 3.05) is 7.05 Å². The second-order valence-electron chi connectivity index (χ2n) is 6.13. The van der Waals surface area contributed by atoms with Crippen LogP contribution in [0.4, 0.5) is 13.2 Å². The Labute approximate surface area is 154 Å². The fraction of sp³-hybridized carbons (Fsp3) is 0.562. The minimum atomic E-state index is -4.67. The smallest absolute Gasteiger partial charge is 0.339 e. The van der Waals surface area contributed by atoms with Gasteiger partial charge < -0.3 is 4.90 Å².